The van der Waals surface area contributed by atoms with Gasteiger partial charge in [-0.05, 0) is 31.4 Å². The van der Waals surface area contributed by atoms with Gasteiger partial charge in [0.1, 0.15) is 6.07 Å². The third kappa shape index (κ3) is 3.95. The van der Waals surface area contributed by atoms with Crippen LogP contribution < -0.4 is 9.46 Å². The predicted octanol–water partition coefficient (Wildman–Crippen LogP) is 2.89. The SMILES string of the molecule is CC(COc1cnc(-c2ccnc3ccnn23)cc1C#N)CC(C)NS. The number of pyridine rings is 1. The van der Waals surface area contributed by atoms with Crippen molar-refractivity contribution in [3.05, 3.63) is 42.4 Å². The zero-order chi connectivity index (χ0) is 18.5. The van der Waals surface area contributed by atoms with Crippen LogP contribution in [0.5, 0.6) is 5.75 Å². The molecule has 0 aliphatic rings. The van der Waals surface area contributed by atoms with Gasteiger partial charge in [0.25, 0.3) is 0 Å². The molecule has 1 N–H and O–H groups in total. The molecule has 2 atom stereocenters. The first kappa shape index (κ1) is 18.2. The molecule has 0 aromatic carbocycles. The Labute approximate surface area is 157 Å². The minimum absolute atomic E-state index is 0.288. The smallest absolute Gasteiger partial charge is 0.155 e. The third-order valence-electron chi connectivity index (χ3n) is 4.04. The van der Waals surface area contributed by atoms with Gasteiger partial charge in [0.15, 0.2) is 11.4 Å². The lowest BCUT2D eigenvalue weighted by Gasteiger charge is -2.17. The maximum atomic E-state index is 9.50. The summed E-state index contributed by atoms with van der Waals surface area (Å²) in [5.74, 6) is 0.806. The highest BCUT2D eigenvalue weighted by molar-refractivity contribution is 7.78. The van der Waals surface area contributed by atoms with Crippen molar-refractivity contribution in [2.45, 2.75) is 26.3 Å². The van der Waals surface area contributed by atoms with Crippen LogP contribution in [0, 0.1) is 17.2 Å². The average Bonchev–Trinajstić information content (AvgIpc) is 3.15. The van der Waals surface area contributed by atoms with E-state index in [0.717, 1.165) is 17.8 Å². The van der Waals surface area contributed by atoms with Crippen molar-refractivity contribution in [3.8, 4) is 23.2 Å². The molecule has 7 nitrogen and oxygen atoms in total. The van der Waals surface area contributed by atoms with Gasteiger partial charge in [-0.2, -0.15) is 10.4 Å². The molecule has 3 heterocycles. The number of fused-ring (bicyclic) bond motifs is 1. The van der Waals surface area contributed by atoms with E-state index in [-0.39, 0.29) is 6.04 Å². The minimum atomic E-state index is 0.288. The Balaban J connectivity index is 1.80. The fourth-order valence-electron chi connectivity index (χ4n) is 2.77. The number of nitrogens with one attached hydrogen (secondary N) is 1. The molecule has 134 valence electrons. The molecular weight excluding hydrogens is 348 g/mol. The van der Waals surface area contributed by atoms with Crippen molar-refractivity contribution < 1.29 is 4.74 Å². The van der Waals surface area contributed by atoms with Gasteiger partial charge in [0.2, 0.25) is 0 Å². The standard InChI is InChI=1S/C18H20N6OS/c1-12(7-13(2)23-26)11-25-17-10-21-15(8-14(17)9-19)16-3-5-20-18-4-6-22-24(16)18/h3-6,8,10,12-13,23,26H,7,11H2,1-2H3. The molecule has 0 aliphatic carbocycles. The van der Waals surface area contributed by atoms with E-state index in [4.69, 9.17) is 4.74 Å². The topological polar surface area (TPSA) is 88.1 Å². The van der Waals surface area contributed by atoms with E-state index >= 15 is 0 Å². The van der Waals surface area contributed by atoms with Crippen molar-refractivity contribution >= 4 is 18.5 Å². The Morgan fingerprint density at radius 1 is 1.31 bits per heavy atom. The lowest BCUT2D eigenvalue weighted by Crippen LogP contribution is -2.22. The number of ether oxygens (including phenoxy) is 1. The summed E-state index contributed by atoms with van der Waals surface area (Å²) in [7, 11) is 0. The number of hydrogen-bond acceptors (Lipinski definition) is 7. The highest BCUT2D eigenvalue weighted by Gasteiger charge is 2.13. The van der Waals surface area contributed by atoms with Crippen LogP contribution in [0.1, 0.15) is 25.8 Å². The van der Waals surface area contributed by atoms with Crippen LogP contribution in [0.4, 0.5) is 0 Å². The Kier molecular flexibility index (Phi) is 5.71. The first-order valence-corrected chi connectivity index (χ1v) is 8.78. The highest BCUT2D eigenvalue weighted by atomic mass is 32.1. The van der Waals surface area contributed by atoms with Gasteiger partial charge in [-0.15, -0.1) is 0 Å². The van der Waals surface area contributed by atoms with Crippen LogP contribution in [-0.2, 0) is 0 Å². The van der Waals surface area contributed by atoms with Gasteiger partial charge < -0.3 is 4.74 Å². The first-order valence-electron chi connectivity index (χ1n) is 8.34. The molecule has 0 amide bonds. The second-order valence-electron chi connectivity index (χ2n) is 6.29. The van der Waals surface area contributed by atoms with E-state index in [1.165, 1.54) is 0 Å². The van der Waals surface area contributed by atoms with E-state index in [1.807, 2.05) is 12.1 Å². The molecule has 0 aliphatic heterocycles. The molecule has 0 radical (unpaired) electrons. The van der Waals surface area contributed by atoms with Crippen LogP contribution in [0.15, 0.2) is 36.8 Å². The summed E-state index contributed by atoms with van der Waals surface area (Å²) in [6, 6.07) is 7.82. The van der Waals surface area contributed by atoms with E-state index in [2.05, 4.69) is 52.5 Å². The average molecular weight is 368 g/mol. The van der Waals surface area contributed by atoms with Gasteiger partial charge in [0.05, 0.1) is 36.0 Å². The molecule has 3 aromatic heterocycles. The number of aromatic nitrogens is 4. The molecule has 26 heavy (non-hydrogen) atoms. The van der Waals surface area contributed by atoms with Crippen LogP contribution in [0.25, 0.3) is 17.0 Å². The van der Waals surface area contributed by atoms with E-state index in [0.29, 0.717) is 29.5 Å². The number of thiol groups is 1. The largest absolute Gasteiger partial charge is 0.490 e. The van der Waals surface area contributed by atoms with Gasteiger partial charge in [-0.3, -0.25) is 9.71 Å². The zero-order valence-corrected chi connectivity index (χ0v) is 15.5. The number of rotatable bonds is 7. The Morgan fingerprint density at radius 2 is 2.15 bits per heavy atom. The van der Waals surface area contributed by atoms with Gasteiger partial charge in [0, 0.05) is 18.3 Å². The monoisotopic (exact) mass is 368 g/mol. The van der Waals surface area contributed by atoms with Crippen LogP contribution >= 0.6 is 12.8 Å². The molecule has 0 bridgehead atoms. The maximum Gasteiger partial charge on any atom is 0.155 e. The Hall–Kier alpha value is -2.63. The quantitative estimate of drug-likeness (QED) is 0.624. The second kappa shape index (κ2) is 8.17. The van der Waals surface area contributed by atoms with Gasteiger partial charge in [-0.1, -0.05) is 19.7 Å². The molecule has 2 unspecified atom stereocenters. The molecule has 0 fully saturated rings. The van der Waals surface area contributed by atoms with Gasteiger partial charge in [-0.25, -0.2) is 9.50 Å². The summed E-state index contributed by atoms with van der Waals surface area (Å²) in [5.41, 5.74) is 2.58. The third-order valence-corrected chi connectivity index (χ3v) is 4.48. The molecule has 3 rings (SSSR count). The lowest BCUT2D eigenvalue weighted by atomic mass is 10.0. The first-order chi connectivity index (χ1) is 12.6. The second-order valence-corrected chi connectivity index (χ2v) is 6.55. The lowest BCUT2D eigenvalue weighted by molar-refractivity contribution is 0.243. The summed E-state index contributed by atoms with van der Waals surface area (Å²) in [5, 5.41) is 13.8. The fraction of sp³-hybridized carbons (Fsp3) is 0.333. The van der Waals surface area contributed by atoms with E-state index in [9.17, 15) is 5.26 Å². The van der Waals surface area contributed by atoms with Crippen LogP contribution in [0.2, 0.25) is 0 Å². The molecule has 0 saturated carbocycles. The van der Waals surface area contributed by atoms with Crippen molar-refractivity contribution in [2.24, 2.45) is 5.92 Å². The van der Waals surface area contributed by atoms with E-state index in [1.54, 1.807) is 29.2 Å². The van der Waals surface area contributed by atoms with Crippen LogP contribution in [-0.4, -0.2) is 32.2 Å². The Morgan fingerprint density at radius 3 is 2.92 bits per heavy atom. The van der Waals surface area contributed by atoms with Crippen molar-refractivity contribution in [1.82, 2.24) is 24.3 Å². The summed E-state index contributed by atoms with van der Waals surface area (Å²) in [6.07, 6.45) is 5.89. The maximum absolute atomic E-state index is 9.50. The number of nitrogens with zero attached hydrogens (tertiary/aromatic N) is 5. The van der Waals surface area contributed by atoms with E-state index < -0.39 is 0 Å². The number of nitriles is 1. The zero-order valence-electron chi connectivity index (χ0n) is 14.6. The molecule has 0 saturated heterocycles. The summed E-state index contributed by atoms with van der Waals surface area (Å²) >= 11 is 4.07. The highest BCUT2D eigenvalue weighted by Crippen LogP contribution is 2.24. The fourth-order valence-corrected chi connectivity index (χ4v) is 2.88. The van der Waals surface area contributed by atoms with Crippen LogP contribution in [0.3, 0.4) is 0 Å². The summed E-state index contributed by atoms with van der Waals surface area (Å²) in [4.78, 5) is 8.69. The molecular formula is C18H20N6OS. The van der Waals surface area contributed by atoms with Crippen molar-refractivity contribution in [3.63, 3.8) is 0 Å². The molecule has 8 heteroatoms. The molecule has 0 spiro atoms. The predicted molar refractivity (Wildman–Crippen MR) is 102 cm³/mol. The molecule has 3 aromatic rings. The summed E-state index contributed by atoms with van der Waals surface area (Å²) < 4.78 is 10.4. The number of hydrogen-bond donors (Lipinski definition) is 2. The van der Waals surface area contributed by atoms with Crippen molar-refractivity contribution in [2.75, 3.05) is 6.61 Å². The van der Waals surface area contributed by atoms with Gasteiger partial charge >= 0.3 is 0 Å². The normalized spacial score (nSPS) is 13.3. The summed E-state index contributed by atoms with van der Waals surface area (Å²) in [6.45, 7) is 4.67. The van der Waals surface area contributed by atoms with Crippen molar-refractivity contribution in [1.29, 1.82) is 5.26 Å². The minimum Gasteiger partial charge on any atom is -0.490 e. The Bertz CT molecular complexity index is 935.